The fraction of sp³-hybridized carbons (Fsp3) is 0.533. The van der Waals surface area contributed by atoms with Gasteiger partial charge in [0.15, 0.2) is 0 Å². The lowest BCUT2D eigenvalue weighted by molar-refractivity contribution is 0.163. The van der Waals surface area contributed by atoms with Gasteiger partial charge < -0.3 is 5.73 Å². The van der Waals surface area contributed by atoms with E-state index in [-0.39, 0.29) is 5.56 Å². The van der Waals surface area contributed by atoms with Crippen LogP contribution < -0.4 is 5.73 Å². The van der Waals surface area contributed by atoms with E-state index in [0.717, 1.165) is 38.2 Å². The van der Waals surface area contributed by atoms with Gasteiger partial charge in [-0.05, 0) is 56.0 Å². The van der Waals surface area contributed by atoms with Gasteiger partial charge in [-0.2, -0.15) is 5.26 Å². The fourth-order valence-electron chi connectivity index (χ4n) is 2.78. The predicted octanol–water partition coefficient (Wildman–Crippen LogP) is 2.26. The van der Waals surface area contributed by atoms with Gasteiger partial charge >= 0.3 is 0 Å². The molecule has 1 unspecified atom stereocenters. The summed E-state index contributed by atoms with van der Waals surface area (Å²) in [5.41, 5.74) is 6.75. The highest BCUT2D eigenvalue weighted by molar-refractivity contribution is 5.34. The molecule has 4 heteroatoms. The Balaban J connectivity index is 1.99. The van der Waals surface area contributed by atoms with E-state index in [9.17, 15) is 4.39 Å². The second-order valence-electron chi connectivity index (χ2n) is 5.25. The minimum absolute atomic E-state index is 0.132. The molecule has 19 heavy (non-hydrogen) atoms. The van der Waals surface area contributed by atoms with Crippen LogP contribution in [-0.2, 0) is 6.54 Å². The Bertz CT molecular complexity index is 465. The van der Waals surface area contributed by atoms with Crippen LogP contribution in [0.15, 0.2) is 18.2 Å². The number of likely N-dealkylation sites (tertiary alicyclic amines) is 1. The van der Waals surface area contributed by atoms with Crippen molar-refractivity contribution in [3.8, 4) is 6.07 Å². The van der Waals surface area contributed by atoms with E-state index in [1.165, 1.54) is 18.9 Å². The molecule has 1 atom stereocenters. The summed E-state index contributed by atoms with van der Waals surface area (Å²) in [6, 6.07) is 6.70. The van der Waals surface area contributed by atoms with Crippen LogP contribution in [0.2, 0.25) is 0 Å². The Morgan fingerprint density at radius 2 is 2.32 bits per heavy atom. The van der Waals surface area contributed by atoms with Crippen LogP contribution in [0.1, 0.15) is 30.4 Å². The number of rotatable bonds is 4. The zero-order chi connectivity index (χ0) is 13.7. The van der Waals surface area contributed by atoms with Crippen molar-refractivity contribution in [1.82, 2.24) is 4.90 Å². The maximum Gasteiger partial charge on any atom is 0.140 e. The summed E-state index contributed by atoms with van der Waals surface area (Å²) in [6.07, 6.45) is 3.51. The van der Waals surface area contributed by atoms with Gasteiger partial charge in [-0.25, -0.2) is 4.39 Å². The molecule has 0 radical (unpaired) electrons. The first-order chi connectivity index (χ1) is 9.22. The topological polar surface area (TPSA) is 53.0 Å². The molecule has 1 aromatic rings. The molecule has 0 aromatic heterocycles. The molecule has 0 spiro atoms. The number of halogens is 1. The summed E-state index contributed by atoms with van der Waals surface area (Å²) < 4.78 is 13.3. The quantitative estimate of drug-likeness (QED) is 0.904. The Labute approximate surface area is 113 Å². The van der Waals surface area contributed by atoms with Crippen molar-refractivity contribution < 1.29 is 4.39 Å². The number of nitrogens with zero attached hydrogens (tertiary/aromatic N) is 2. The van der Waals surface area contributed by atoms with Gasteiger partial charge in [-0.3, -0.25) is 4.90 Å². The van der Waals surface area contributed by atoms with Crippen LogP contribution in [0.4, 0.5) is 4.39 Å². The zero-order valence-corrected chi connectivity index (χ0v) is 11.1. The van der Waals surface area contributed by atoms with E-state index in [4.69, 9.17) is 11.0 Å². The van der Waals surface area contributed by atoms with Gasteiger partial charge in [0.1, 0.15) is 11.9 Å². The van der Waals surface area contributed by atoms with E-state index in [1.807, 2.05) is 6.07 Å². The lowest BCUT2D eigenvalue weighted by Crippen LogP contribution is -2.35. The van der Waals surface area contributed by atoms with Crippen LogP contribution in [0.25, 0.3) is 0 Å². The van der Waals surface area contributed by atoms with Crippen LogP contribution >= 0.6 is 0 Å². The molecule has 1 fully saturated rings. The van der Waals surface area contributed by atoms with Crippen LogP contribution in [0.5, 0.6) is 0 Å². The highest BCUT2D eigenvalue weighted by Gasteiger charge is 2.19. The summed E-state index contributed by atoms with van der Waals surface area (Å²) in [5.74, 6) is 0.237. The third-order valence-corrected chi connectivity index (χ3v) is 3.74. The first-order valence-electron chi connectivity index (χ1n) is 6.84. The minimum Gasteiger partial charge on any atom is -0.330 e. The van der Waals surface area contributed by atoms with Gasteiger partial charge in [0, 0.05) is 13.1 Å². The largest absolute Gasteiger partial charge is 0.330 e. The minimum atomic E-state index is -0.439. The van der Waals surface area contributed by atoms with E-state index in [0.29, 0.717) is 5.92 Å². The van der Waals surface area contributed by atoms with E-state index >= 15 is 0 Å². The Morgan fingerprint density at radius 1 is 1.47 bits per heavy atom. The first-order valence-corrected chi connectivity index (χ1v) is 6.84. The number of nitriles is 1. The maximum atomic E-state index is 13.3. The van der Waals surface area contributed by atoms with Crippen molar-refractivity contribution in [2.24, 2.45) is 11.7 Å². The number of hydrogen-bond acceptors (Lipinski definition) is 3. The lowest BCUT2D eigenvalue weighted by atomic mass is 9.94. The number of benzene rings is 1. The van der Waals surface area contributed by atoms with E-state index in [2.05, 4.69) is 4.90 Å². The second-order valence-corrected chi connectivity index (χ2v) is 5.25. The second kappa shape index (κ2) is 6.65. The van der Waals surface area contributed by atoms with Gasteiger partial charge in [0.2, 0.25) is 0 Å². The standard InChI is InChI=1S/C15H20FN3/c16-15-4-3-13(8-14(15)9-18)11-19-7-1-2-12(10-19)5-6-17/h3-4,8,12H,1-2,5-7,10-11,17H2. The number of nitrogens with two attached hydrogens (primary N) is 1. The van der Waals surface area contributed by atoms with E-state index in [1.54, 1.807) is 12.1 Å². The molecular weight excluding hydrogens is 241 g/mol. The normalized spacial score (nSPS) is 20.2. The highest BCUT2D eigenvalue weighted by Crippen LogP contribution is 2.21. The zero-order valence-electron chi connectivity index (χ0n) is 11.1. The van der Waals surface area contributed by atoms with Gasteiger partial charge in [-0.15, -0.1) is 0 Å². The molecule has 1 heterocycles. The molecule has 0 aliphatic carbocycles. The molecule has 1 aliphatic heterocycles. The smallest absolute Gasteiger partial charge is 0.140 e. The van der Waals surface area contributed by atoms with Crippen molar-refractivity contribution in [1.29, 1.82) is 5.26 Å². The molecule has 2 N–H and O–H groups in total. The molecule has 3 nitrogen and oxygen atoms in total. The third kappa shape index (κ3) is 3.76. The first kappa shape index (κ1) is 14.0. The third-order valence-electron chi connectivity index (χ3n) is 3.74. The predicted molar refractivity (Wildman–Crippen MR) is 72.8 cm³/mol. The van der Waals surface area contributed by atoms with Gasteiger partial charge in [0.25, 0.3) is 0 Å². The van der Waals surface area contributed by atoms with Crippen molar-refractivity contribution >= 4 is 0 Å². The maximum absolute atomic E-state index is 13.3. The molecule has 1 saturated heterocycles. The SMILES string of the molecule is N#Cc1cc(CN2CCCC(CCN)C2)ccc1F. The summed E-state index contributed by atoms with van der Waals surface area (Å²) in [6.45, 7) is 3.65. The molecular formula is C15H20FN3. The Kier molecular flexibility index (Phi) is 4.89. The molecule has 0 saturated carbocycles. The van der Waals surface area contributed by atoms with Crippen LogP contribution in [0.3, 0.4) is 0 Å². The average Bonchev–Trinajstić information content (AvgIpc) is 2.42. The van der Waals surface area contributed by atoms with Crippen molar-refractivity contribution in [3.05, 3.63) is 35.1 Å². The molecule has 1 aromatic carbocycles. The number of piperidine rings is 1. The number of hydrogen-bond donors (Lipinski definition) is 1. The van der Waals surface area contributed by atoms with Crippen molar-refractivity contribution in [2.75, 3.05) is 19.6 Å². The molecule has 0 bridgehead atoms. The van der Waals surface area contributed by atoms with Crippen molar-refractivity contribution in [3.63, 3.8) is 0 Å². The summed E-state index contributed by atoms with van der Waals surface area (Å²) >= 11 is 0. The highest BCUT2D eigenvalue weighted by atomic mass is 19.1. The summed E-state index contributed by atoms with van der Waals surface area (Å²) in [5, 5.41) is 8.84. The van der Waals surface area contributed by atoms with E-state index < -0.39 is 5.82 Å². The van der Waals surface area contributed by atoms with Crippen LogP contribution in [0, 0.1) is 23.1 Å². The fourth-order valence-corrected chi connectivity index (χ4v) is 2.78. The molecule has 102 valence electrons. The van der Waals surface area contributed by atoms with Crippen LogP contribution in [-0.4, -0.2) is 24.5 Å². The van der Waals surface area contributed by atoms with Gasteiger partial charge in [-0.1, -0.05) is 6.07 Å². The lowest BCUT2D eigenvalue weighted by Gasteiger charge is -2.32. The Hall–Kier alpha value is -1.44. The molecule has 2 rings (SSSR count). The average molecular weight is 261 g/mol. The van der Waals surface area contributed by atoms with Gasteiger partial charge in [0.05, 0.1) is 5.56 Å². The Morgan fingerprint density at radius 3 is 3.05 bits per heavy atom. The molecule has 0 amide bonds. The van der Waals surface area contributed by atoms with Crippen molar-refractivity contribution in [2.45, 2.75) is 25.8 Å². The summed E-state index contributed by atoms with van der Waals surface area (Å²) in [4.78, 5) is 2.37. The molecule has 1 aliphatic rings. The monoisotopic (exact) mass is 261 g/mol. The summed E-state index contributed by atoms with van der Waals surface area (Å²) in [7, 11) is 0.